The molecule has 1 aliphatic heterocycles. The van der Waals surface area contributed by atoms with Crippen molar-refractivity contribution in [3.05, 3.63) is 69.8 Å². The molecule has 12 heteroatoms. The average Bonchev–Trinajstić information content (AvgIpc) is 3.39. The van der Waals surface area contributed by atoms with Gasteiger partial charge in [0.15, 0.2) is 0 Å². The first kappa shape index (κ1) is 22.3. The fraction of sp³-hybridized carbons (Fsp3) is 0.182. The predicted molar refractivity (Wildman–Crippen MR) is 127 cm³/mol. The summed E-state index contributed by atoms with van der Waals surface area (Å²) in [6.45, 7) is 1.16. The van der Waals surface area contributed by atoms with Crippen molar-refractivity contribution in [2.45, 2.75) is 4.90 Å². The molecule has 5 rings (SSSR count). The molecule has 2 N–H and O–H groups in total. The Morgan fingerprint density at radius 3 is 2.56 bits per heavy atom. The van der Waals surface area contributed by atoms with Crippen LogP contribution in [0, 0.1) is 0 Å². The van der Waals surface area contributed by atoms with Gasteiger partial charge in [-0.1, -0.05) is 16.6 Å². The van der Waals surface area contributed by atoms with Crippen LogP contribution in [0.25, 0.3) is 22.2 Å². The van der Waals surface area contributed by atoms with Crippen molar-refractivity contribution in [3.8, 4) is 11.3 Å². The summed E-state index contributed by atoms with van der Waals surface area (Å²) in [7, 11) is -3.77. The molecule has 0 bridgehead atoms. The van der Waals surface area contributed by atoms with E-state index in [1.807, 2.05) is 5.38 Å². The Hall–Kier alpha value is -3.45. The SMILES string of the molecule is O=C(Nc1ccc(-c2csnn2)cc1)c1cc(=O)[nH]c2ccc(S(=O)(=O)N3CCOCC3)cc12. The molecule has 1 aliphatic rings. The van der Waals surface area contributed by atoms with Crippen molar-refractivity contribution in [3.63, 3.8) is 0 Å². The van der Waals surface area contributed by atoms with Crippen molar-refractivity contribution >= 4 is 44.1 Å². The first-order valence-electron chi connectivity index (χ1n) is 10.4. The number of nitrogens with one attached hydrogen (secondary N) is 2. The summed E-state index contributed by atoms with van der Waals surface area (Å²) >= 11 is 1.25. The number of ether oxygens (including phenoxy) is 1. The molecule has 0 saturated carbocycles. The van der Waals surface area contributed by atoms with E-state index >= 15 is 0 Å². The van der Waals surface area contributed by atoms with E-state index in [1.54, 1.807) is 24.3 Å². The van der Waals surface area contributed by atoms with Gasteiger partial charge in [-0.25, -0.2) is 8.42 Å². The third kappa shape index (κ3) is 4.35. The zero-order chi connectivity index (χ0) is 23.7. The van der Waals surface area contributed by atoms with Gasteiger partial charge in [0.2, 0.25) is 15.6 Å². The zero-order valence-electron chi connectivity index (χ0n) is 17.7. The number of rotatable bonds is 5. The molecule has 0 unspecified atom stereocenters. The topological polar surface area (TPSA) is 134 Å². The Balaban J connectivity index is 1.47. The Morgan fingerprint density at radius 2 is 1.85 bits per heavy atom. The molecule has 4 aromatic rings. The van der Waals surface area contributed by atoms with E-state index in [1.165, 1.54) is 34.0 Å². The molecule has 0 atom stereocenters. The minimum absolute atomic E-state index is 0.0456. The number of H-pyrrole nitrogens is 1. The maximum atomic E-state index is 13.1. The molecule has 10 nitrogen and oxygen atoms in total. The summed E-state index contributed by atoms with van der Waals surface area (Å²) in [5.41, 5.74) is 2.08. The number of hydrogen-bond donors (Lipinski definition) is 2. The fourth-order valence-corrected chi connectivity index (χ4v) is 5.63. The minimum Gasteiger partial charge on any atom is -0.379 e. The Labute approximate surface area is 198 Å². The van der Waals surface area contributed by atoms with Crippen LogP contribution in [0.15, 0.2) is 63.6 Å². The molecule has 174 valence electrons. The molecule has 2 aromatic carbocycles. The molecule has 1 amide bonds. The number of carbonyl (C=O) groups is 1. The van der Waals surface area contributed by atoms with Crippen molar-refractivity contribution in [1.82, 2.24) is 18.9 Å². The predicted octanol–water partition coefficient (Wildman–Crippen LogP) is 2.32. The largest absolute Gasteiger partial charge is 0.379 e. The van der Waals surface area contributed by atoms with Crippen LogP contribution in [-0.2, 0) is 14.8 Å². The molecule has 0 aliphatic carbocycles. The standard InChI is InChI=1S/C22H19N5O5S2/c28-21-12-18(22(29)23-15-3-1-14(2-4-15)20-13-33-26-25-20)17-11-16(5-6-19(17)24-21)34(30,31)27-7-9-32-10-8-27/h1-6,11-13H,7-10H2,(H,23,29)(H,24,28). The number of fused-ring (bicyclic) bond motifs is 1. The van der Waals surface area contributed by atoms with Gasteiger partial charge in [0.1, 0.15) is 5.69 Å². The molecular formula is C22H19N5O5S2. The molecule has 3 heterocycles. The Kier molecular flexibility index (Phi) is 5.96. The number of pyridine rings is 1. The molecule has 0 spiro atoms. The maximum Gasteiger partial charge on any atom is 0.256 e. The van der Waals surface area contributed by atoms with Crippen LogP contribution in [-0.4, -0.2) is 59.5 Å². The highest BCUT2D eigenvalue weighted by Gasteiger charge is 2.27. The van der Waals surface area contributed by atoms with E-state index in [0.717, 1.165) is 17.3 Å². The molecule has 34 heavy (non-hydrogen) atoms. The highest BCUT2D eigenvalue weighted by molar-refractivity contribution is 7.89. The quantitative estimate of drug-likeness (QED) is 0.432. The van der Waals surface area contributed by atoms with E-state index < -0.39 is 21.5 Å². The zero-order valence-corrected chi connectivity index (χ0v) is 19.4. The third-order valence-corrected chi connectivity index (χ3v) is 7.86. The van der Waals surface area contributed by atoms with E-state index in [0.29, 0.717) is 29.8 Å². The lowest BCUT2D eigenvalue weighted by atomic mass is 10.1. The lowest BCUT2D eigenvalue weighted by molar-refractivity contribution is 0.0730. The van der Waals surface area contributed by atoms with Crippen LogP contribution < -0.4 is 10.9 Å². The number of sulfonamides is 1. The Bertz CT molecular complexity index is 1510. The molecule has 0 radical (unpaired) electrons. The summed E-state index contributed by atoms with van der Waals surface area (Å²) in [6.07, 6.45) is 0. The number of aromatic nitrogens is 3. The van der Waals surface area contributed by atoms with Crippen molar-refractivity contribution < 1.29 is 17.9 Å². The number of hydrogen-bond acceptors (Lipinski definition) is 8. The highest BCUT2D eigenvalue weighted by atomic mass is 32.2. The number of benzene rings is 2. The Morgan fingerprint density at radius 1 is 1.09 bits per heavy atom. The molecule has 2 aromatic heterocycles. The van der Waals surface area contributed by atoms with E-state index in [9.17, 15) is 18.0 Å². The van der Waals surface area contributed by atoms with E-state index in [2.05, 4.69) is 19.9 Å². The van der Waals surface area contributed by atoms with Gasteiger partial charge in [-0.15, -0.1) is 5.10 Å². The number of amides is 1. The van der Waals surface area contributed by atoms with Gasteiger partial charge in [0, 0.05) is 46.7 Å². The number of carbonyl (C=O) groups excluding carboxylic acids is 1. The van der Waals surface area contributed by atoms with Gasteiger partial charge < -0.3 is 15.0 Å². The summed E-state index contributed by atoms with van der Waals surface area (Å²) in [6, 6.07) is 12.5. The van der Waals surface area contributed by atoms with Crippen LogP contribution >= 0.6 is 11.5 Å². The maximum absolute atomic E-state index is 13.1. The average molecular weight is 498 g/mol. The monoisotopic (exact) mass is 497 g/mol. The van der Waals surface area contributed by atoms with E-state index in [-0.39, 0.29) is 23.5 Å². The number of aromatic amines is 1. The second kappa shape index (κ2) is 9.06. The van der Waals surface area contributed by atoms with Crippen LogP contribution in [0.3, 0.4) is 0 Å². The van der Waals surface area contributed by atoms with Crippen molar-refractivity contribution in [2.24, 2.45) is 0 Å². The van der Waals surface area contributed by atoms with Crippen LogP contribution in [0.1, 0.15) is 10.4 Å². The highest BCUT2D eigenvalue weighted by Crippen LogP contribution is 2.25. The van der Waals surface area contributed by atoms with Crippen molar-refractivity contribution in [2.75, 3.05) is 31.6 Å². The fourth-order valence-electron chi connectivity index (χ4n) is 3.73. The van der Waals surface area contributed by atoms with Crippen LogP contribution in [0.2, 0.25) is 0 Å². The number of anilines is 1. The van der Waals surface area contributed by atoms with Gasteiger partial charge in [-0.3, -0.25) is 9.59 Å². The van der Waals surface area contributed by atoms with Crippen LogP contribution in [0.4, 0.5) is 5.69 Å². The normalized spacial score (nSPS) is 14.8. The van der Waals surface area contributed by atoms with E-state index in [4.69, 9.17) is 4.74 Å². The summed E-state index contributed by atoms with van der Waals surface area (Å²) in [5, 5.41) is 8.93. The lowest BCUT2D eigenvalue weighted by Gasteiger charge is -2.26. The smallest absolute Gasteiger partial charge is 0.256 e. The first-order valence-corrected chi connectivity index (χ1v) is 12.6. The van der Waals surface area contributed by atoms with Crippen molar-refractivity contribution in [1.29, 1.82) is 0 Å². The molecule has 1 saturated heterocycles. The molecule has 1 fully saturated rings. The second-order valence-electron chi connectivity index (χ2n) is 7.59. The van der Waals surface area contributed by atoms with Gasteiger partial charge in [-0.2, -0.15) is 4.31 Å². The summed E-state index contributed by atoms with van der Waals surface area (Å²) < 4.78 is 36.6. The van der Waals surface area contributed by atoms with Gasteiger partial charge in [0.05, 0.1) is 23.7 Å². The van der Waals surface area contributed by atoms with Gasteiger partial charge in [0.25, 0.3) is 5.91 Å². The summed E-state index contributed by atoms with van der Waals surface area (Å²) in [5.74, 6) is -0.528. The van der Waals surface area contributed by atoms with Gasteiger partial charge >= 0.3 is 0 Å². The lowest BCUT2D eigenvalue weighted by Crippen LogP contribution is -2.40. The number of morpholine rings is 1. The van der Waals surface area contributed by atoms with Crippen LogP contribution in [0.5, 0.6) is 0 Å². The third-order valence-electron chi connectivity index (χ3n) is 5.47. The second-order valence-corrected chi connectivity index (χ2v) is 10.1. The first-order chi connectivity index (χ1) is 16.4. The summed E-state index contributed by atoms with van der Waals surface area (Å²) in [4.78, 5) is 28.0. The minimum atomic E-state index is -3.77. The molecular weight excluding hydrogens is 478 g/mol. The van der Waals surface area contributed by atoms with Gasteiger partial charge in [-0.05, 0) is 41.9 Å². The number of nitrogens with zero attached hydrogens (tertiary/aromatic N) is 3.